The molecule has 1 saturated heterocycles. The van der Waals surface area contributed by atoms with Crippen LogP contribution in [0.5, 0.6) is 0 Å². The van der Waals surface area contributed by atoms with Gasteiger partial charge in [0.05, 0.1) is 0 Å². The zero-order chi connectivity index (χ0) is 12.5. The Balaban J connectivity index is 2.13. The molecule has 0 unspecified atom stereocenters. The third kappa shape index (κ3) is 2.49. The molecule has 0 bridgehead atoms. The second kappa shape index (κ2) is 4.60. The third-order valence-electron chi connectivity index (χ3n) is 4.79. The Morgan fingerprint density at radius 2 is 1.53 bits per heavy atom. The molecule has 2 rings (SSSR count). The summed E-state index contributed by atoms with van der Waals surface area (Å²) >= 11 is 0. The summed E-state index contributed by atoms with van der Waals surface area (Å²) in [6, 6.07) is 0. The third-order valence-corrected chi connectivity index (χ3v) is 4.79. The zero-order valence-corrected chi connectivity index (χ0v) is 11.2. The number of rotatable bonds is 2. The second-order valence-electron chi connectivity index (χ2n) is 6.55. The van der Waals surface area contributed by atoms with Crippen molar-refractivity contribution in [1.82, 2.24) is 4.90 Å². The molecule has 0 atom stereocenters. The summed E-state index contributed by atoms with van der Waals surface area (Å²) < 4.78 is 0. The Hall–Kier alpha value is -0.570. The van der Waals surface area contributed by atoms with E-state index in [0.29, 0.717) is 5.41 Å². The number of piperidine rings is 1. The largest absolute Gasteiger partial charge is 0.480 e. The van der Waals surface area contributed by atoms with Gasteiger partial charge in [-0.1, -0.05) is 20.3 Å². The highest BCUT2D eigenvalue weighted by molar-refractivity contribution is 5.79. The predicted octanol–water partition coefficient (Wildman–Crippen LogP) is 2.90. The average molecular weight is 239 g/mol. The van der Waals surface area contributed by atoms with Crippen molar-refractivity contribution in [2.75, 3.05) is 13.1 Å². The number of carbonyl (C=O) groups is 1. The molecule has 2 fully saturated rings. The number of carboxylic acid groups (broad SMARTS) is 1. The Bertz CT molecular complexity index is 283. The number of aliphatic carboxylic acids is 1. The fraction of sp³-hybridized carbons (Fsp3) is 0.929. The van der Waals surface area contributed by atoms with Gasteiger partial charge in [-0.05, 0) is 57.0 Å². The molecule has 1 heterocycles. The first-order chi connectivity index (χ1) is 7.96. The number of likely N-dealkylation sites (tertiary alicyclic amines) is 1. The molecular weight excluding hydrogens is 214 g/mol. The van der Waals surface area contributed by atoms with E-state index in [1.807, 2.05) is 0 Å². The van der Waals surface area contributed by atoms with Crippen molar-refractivity contribution in [2.24, 2.45) is 5.41 Å². The molecule has 0 spiro atoms. The summed E-state index contributed by atoms with van der Waals surface area (Å²) in [7, 11) is 0. The Morgan fingerprint density at radius 3 is 2.00 bits per heavy atom. The monoisotopic (exact) mass is 239 g/mol. The molecule has 0 aromatic heterocycles. The fourth-order valence-corrected chi connectivity index (χ4v) is 3.33. The first-order valence-electron chi connectivity index (χ1n) is 6.95. The molecule has 3 nitrogen and oxygen atoms in total. The van der Waals surface area contributed by atoms with Gasteiger partial charge in [0.25, 0.3) is 0 Å². The van der Waals surface area contributed by atoms with E-state index in [1.54, 1.807) is 0 Å². The van der Waals surface area contributed by atoms with Gasteiger partial charge in [0.1, 0.15) is 5.54 Å². The molecule has 0 aromatic carbocycles. The molecule has 0 aromatic rings. The van der Waals surface area contributed by atoms with Crippen LogP contribution >= 0.6 is 0 Å². The standard InChI is InChI=1S/C14H25NO2/c1-13(2)6-8-14(9-7-13,12(16)17)15-10-4-3-5-11-15/h3-11H2,1-2H3,(H,16,17). The average Bonchev–Trinajstić information content (AvgIpc) is 2.30. The van der Waals surface area contributed by atoms with Crippen LogP contribution in [0, 0.1) is 5.41 Å². The predicted molar refractivity (Wildman–Crippen MR) is 68.0 cm³/mol. The summed E-state index contributed by atoms with van der Waals surface area (Å²) in [5.41, 5.74) is -0.218. The zero-order valence-electron chi connectivity index (χ0n) is 11.2. The maximum absolute atomic E-state index is 11.7. The van der Waals surface area contributed by atoms with Gasteiger partial charge < -0.3 is 5.11 Å². The lowest BCUT2D eigenvalue weighted by Crippen LogP contribution is -2.58. The van der Waals surface area contributed by atoms with Gasteiger partial charge >= 0.3 is 5.97 Å². The Kier molecular flexibility index (Phi) is 3.48. The molecule has 0 amide bonds. The minimum absolute atomic E-state index is 0.328. The van der Waals surface area contributed by atoms with Crippen molar-refractivity contribution in [3.8, 4) is 0 Å². The van der Waals surface area contributed by atoms with Gasteiger partial charge in [-0.15, -0.1) is 0 Å². The van der Waals surface area contributed by atoms with Crippen molar-refractivity contribution >= 4 is 5.97 Å². The number of hydrogen-bond acceptors (Lipinski definition) is 2. The van der Waals surface area contributed by atoms with Crippen molar-refractivity contribution in [1.29, 1.82) is 0 Å². The minimum Gasteiger partial charge on any atom is -0.480 e. The van der Waals surface area contributed by atoms with Crippen LogP contribution in [0.1, 0.15) is 58.8 Å². The lowest BCUT2D eigenvalue weighted by molar-refractivity contribution is -0.157. The van der Waals surface area contributed by atoms with E-state index < -0.39 is 11.5 Å². The van der Waals surface area contributed by atoms with E-state index in [-0.39, 0.29) is 0 Å². The van der Waals surface area contributed by atoms with Crippen LogP contribution in [0.2, 0.25) is 0 Å². The van der Waals surface area contributed by atoms with Gasteiger partial charge in [-0.25, -0.2) is 0 Å². The van der Waals surface area contributed by atoms with Crippen molar-refractivity contribution in [3.05, 3.63) is 0 Å². The van der Waals surface area contributed by atoms with Crippen molar-refractivity contribution in [2.45, 2.75) is 64.3 Å². The van der Waals surface area contributed by atoms with Crippen molar-refractivity contribution < 1.29 is 9.90 Å². The van der Waals surface area contributed by atoms with Crippen LogP contribution < -0.4 is 0 Å². The van der Waals surface area contributed by atoms with Gasteiger partial charge in [-0.3, -0.25) is 9.69 Å². The molecule has 1 aliphatic heterocycles. The highest BCUT2D eigenvalue weighted by atomic mass is 16.4. The van der Waals surface area contributed by atoms with E-state index in [1.165, 1.54) is 19.3 Å². The molecule has 1 aliphatic carbocycles. The molecule has 0 radical (unpaired) electrons. The summed E-state index contributed by atoms with van der Waals surface area (Å²) in [6.07, 6.45) is 7.32. The van der Waals surface area contributed by atoms with E-state index >= 15 is 0 Å². The van der Waals surface area contributed by atoms with Crippen LogP contribution in [-0.2, 0) is 4.79 Å². The Labute approximate surface area is 104 Å². The van der Waals surface area contributed by atoms with Crippen LogP contribution in [0.15, 0.2) is 0 Å². The lowest BCUT2D eigenvalue weighted by Gasteiger charge is -2.48. The second-order valence-corrected chi connectivity index (χ2v) is 6.55. The fourth-order valence-electron chi connectivity index (χ4n) is 3.33. The van der Waals surface area contributed by atoms with E-state index in [0.717, 1.165) is 38.8 Å². The van der Waals surface area contributed by atoms with Crippen LogP contribution in [0.3, 0.4) is 0 Å². The van der Waals surface area contributed by atoms with E-state index in [2.05, 4.69) is 18.7 Å². The summed E-state index contributed by atoms with van der Waals surface area (Å²) in [5, 5.41) is 9.67. The molecule has 1 saturated carbocycles. The van der Waals surface area contributed by atoms with Gasteiger partial charge in [0.15, 0.2) is 0 Å². The van der Waals surface area contributed by atoms with Crippen LogP contribution in [-0.4, -0.2) is 34.6 Å². The van der Waals surface area contributed by atoms with Gasteiger partial charge in [-0.2, -0.15) is 0 Å². The number of carboxylic acids is 1. The highest BCUT2D eigenvalue weighted by Crippen LogP contribution is 2.43. The molecule has 3 heteroatoms. The maximum atomic E-state index is 11.7. The first kappa shape index (κ1) is 12.9. The molecular formula is C14H25NO2. The topological polar surface area (TPSA) is 40.5 Å². The SMILES string of the molecule is CC1(C)CCC(C(=O)O)(N2CCCCC2)CC1. The number of nitrogens with zero attached hydrogens (tertiary/aromatic N) is 1. The minimum atomic E-state index is -0.588. The lowest BCUT2D eigenvalue weighted by atomic mass is 9.68. The summed E-state index contributed by atoms with van der Waals surface area (Å²) in [6.45, 7) is 6.48. The van der Waals surface area contributed by atoms with Crippen molar-refractivity contribution in [3.63, 3.8) is 0 Å². The Morgan fingerprint density at radius 1 is 1.00 bits per heavy atom. The van der Waals surface area contributed by atoms with Crippen LogP contribution in [0.4, 0.5) is 0 Å². The molecule has 2 aliphatic rings. The normalized spacial score (nSPS) is 28.8. The quantitative estimate of drug-likeness (QED) is 0.805. The van der Waals surface area contributed by atoms with Gasteiger partial charge in [0.2, 0.25) is 0 Å². The smallest absolute Gasteiger partial charge is 0.324 e. The maximum Gasteiger partial charge on any atom is 0.324 e. The van der Waals surface area contributed by atoms with Gasteiger partial charge in [0, 0.05) is 0 Å². The van der Waals surface area contributed by atoms with E-state index in [4.69, 9.17) is 0 Å². The first-order valence-corrected chi connectivity index (χ1v) is 6.95. The number of hydrogen-bond donors (Lipinski definition) is 1. The van der Waals surface area contributed by atoms with Crippen LogP contribution in [0.25, 0.3) is 0 Å². The summed E-state index contributed by atoms with van der Waals surface area (Å²) in [4.78, 5) is 14.0. The molecule has 98 valence electrons. The highest BCUT2D eigenvalue weighted by Gasteiger charge is 2.48. The molecule has 1 N–H and O–H groups in total. The van der Waals surface area contributed by atoms with E-state index in [9.17, 15) is 9.90 Å². The summed E-state index contributed by atoms with van der Waals surface area (Å²) in [5.74, 6) is -0.588. The molecule has 17 heavy (non-hydrogen) atoms.